The number of H-pyrrole nitrogens is 1. The van der Waals surface area contributed by atoms with Gasteiger partial charge in [-0.05, 0) is 40.2 Å². The third kappa shape index (κ3) is 3.08. The summed E-state index contributed by atoms with van der Waals surface area (Å²) in [5.41, 5.74) is 1.37. The molecule has 6 heteroatoms. The van der Waals surface area contributed by atoms with E-state index in [2.05, 4.69) is 31.4 Å². The highest BCUT2D eigenvalue weighted by molar-refractivity contribution is 9.10. The fourth-order valence-electron chi connectivity index (χ4n) is 1.30. The Morgan fingerprint density at radius 3 is 2.94 bits per heavy atom. The average molecular weight is 315 g/mol. The average Bonchev–Trinajstić information content (AvgIpc) is 2.82. The van der Waals surface area contributed by atoms with E-state index in [9.17, 15) is 4.79 Å². The van der Waals surface area contributed by atoms with Crippen LogP contribution in [0.25, 0.3) is 0 Å². The van der Waals surface area contributed by atoms with Gasteiger partial charge in [-0.2, -0.15) is 5.10 Å². The second kappa shape index (κ2) is 5.33. The van der Waals surface area contributed by atoms with Crippen molar-refractivity contribution in [2.45, 2.75) is 6.54 Å². The smallest absolute Gasteiger partial charge is 0.251 e. The van der Waals surface area contributed by atoms with Crippen LogP contribution >= 0.6 is 27.5 Å². The molecule has 1 amide bonds. The number of hydrogen-bond acceptors (Lipinski definition) is 2. The summed E-state index contributed by atoms with van der Waals surface area (Å²) in [5, 5.41) is 9.84. The van der Waals surface area contributed by atoms with Gasteiger partial charge in [0, 0.05) is 16.2 Å². The first-order valence-corrected chi connectivity index (χ1v) is 6.05. The van der Waals surface area contributed by atoms with Crippen molar-refractivity contribution < 1.29 is 4.79 Å². The SMILES string of the molecule is O=C(NCc1ccn[nH]1)c1ccc(Br)c(Cl)c1. The number of benzene rings is 1. The van der Waals surface area contributed by atoms with Gasteiger partial charge < -0.3 is 5.32 Å². The van der Waals surface area contributed by atoms with Crippen LogP contribution in [0.15, 0.2) is 34.9 Å². The lowest BCUT2D eigenvalue weighted by Crippen LogP contribution is -2.22. The van der Waals surface area contributed by atoms with E-state index >= 15 is 0 Å². The van der Waals surface area contributed by atoms with Crippen LogP contribution in [-0.2, 0) is 6.54 Å². The Morgan fingerprint density at radius 1 is 1.47 bits per heavy atom. The number of nitrogens with zero attached hydrogens (tertiary/aromatic N) is 1. The Kier molecular flexibility index (Phi) is 3.81. The van der Waals surface area contributed by atoms with Crippen molar-refractivity contribution in [2.75, 3.05) is 0 Å². The summed E-state index contributed by atoms with van der Waals surface area (Å²) >= 11 is 9.19. The summed E-state index contributed by atoms with van der Waals surface area (Å²) in [6.07, 6.45) is 1.64. The zero-order valence-electron chi connectivity index (χ0n) is 8.71. The van der Waals surface area contributed by atoms with Gasteiger partial charge in [0.25, 0.3) is 5.91 Å². The first-order chi connectivity index (χ1) is 8.16. The van der Waals surface area contributed by atoms with Crippen LogP contribution in [0.1, 0.15) is 16.1 Å². The highest BCUT2D eigenvalue weighted by atomic mass is 79.9. The highest BCUT2D eigenvalue weighted by Crippen LogP contribution is 2.23. The van der Waals surface area contributed by atoms with Gasteiger partial charge in [0.1, 0.15) is 0 Å². The van der Waals surface area contributed by atoms with Gasteiger partial charge >= 0.3 is 0 Å². The molecule has 0 aliphatic carbocycles. The predicted molar refractivity (Wildman–Crippen MR) is 68.9 cm³/mol. The number of hydrogen-bond donors (Lipinski definition) is 2. The van der Waals surface area contributed by atoms with Gasteiger partial charge in [-0.3, -0.25) is 9.89 Å². The number of aromatic nitrogens is 2. The molecule has 1 aromatic carbocycles. The van der Waals surface area contributed by atoms with Crippen molar-refractivity contribution >= 4 is 33.4 Å². The maximum absolute atomic E-state index is 11.8. The largest absolute Gasteiger partial charge is 0.346 e. The fourth-order valence-corrected chi connectivity index (χ4v) is 1.73. The minimum atomic E-state index is -0.172. The lowest BCUT2D eigenvalue weighted by molar-refractivity contribution is 0.0950. The van der Waals surface area contributed by atoms with Gasteiger partial charge in [-0.15, -0.1) is 0 Å². The van der Waals surface area contributed by atoms with E-state index in [0.29, 0.717) is 17.1 Å². The molecule has 0 saturated heterocycles. The van der Waals surface area contributed by atoms with Crippen LogP contribution in [-0.4, -0.2) is 16.1 Å². The van der Waals surface area contributed by atoms with Gasteiger partial charge in [-0.1, -0.05) is 11.6 Å². The summed E-state index contributed by atoms with van der Waals surface area (Å²) in [6, 6.07) is 6.87. The van der Waals surface area contributed by atoms with Gasteiger partial charge in [0.15, 0.2) is 0 Å². The Hall–Kier alpha value is -1.33. The molecule has 0 radical (unpaired) electrons. The highest BCUT2D eigenvalue weighted by Gasteiger charge is 2.07. The molecule has 0 fully saturated rings. The molecule has 2 N–H and O–H groups in total. The molecule has 0 unspecified atom stereocenters. The molecule has 1 aromatic heterocycles. The van der Waals surface area contributed by atoms with Crippen molar-refractivity contribution in [3.8, 4) is 0 Å². The van der Waals surface area contributed by atoms with Crippen LogP contribution in [0.3, 0.4) is 0 Å². The number of rotatable bonds is 3. The molecule has 0 bridgehead atoms. The monoisotopic (exact) mass is 313 g/mol. The summed E-state index contributed by atoms with van der Waals surface area (Å²) in [7, 11) is 0. The molecule has 0 aliphatic rings. The Bertz CT molecular complexity index is 528. The molecule has 4 nitrogen and oxygen atoms in total. The summed E-state index contributed by atoms with van der Waals surface area (Å²) in [6.45, 7) is 0.409. The molecular formula is C11H9BrClN3O. The molecule has 2 rings (SSSR count). The molecule has 0 aliphatic heterocycles. The predicted octanol–water partition coefficient (Wildman–Crippen LogP) is 2.76. The number of carbonyl (C=O) groups is 1. The van der Waals surface area contributed by atoms with Crippen LogP contribution in [0.2, 0.25) is 5.02 Å². The third-order valence-corrected chi connectivity index (χ3v) is 3.41. The molecular weight excluding hydrogens is 305 g/mol. The van der Waals surface area contributed by atoms with Crippen LogP contribution < -0.4 is 5.32 Å². The van der Waals surface area contributed by atoms with E-state index in [0.717, 1.165) is 10.2 Å². The minimum absolute atomic E-state index is 0.172. The van der Waals surface area contributed by atoms with Crippen molar-refractivity contribution in [1.29, 1.82) is 0 Å². The Morgan fingerprint density at radius 2 is 2.29 bits per heavy atom. The summed E-state index contributed by atoms with van der Waals surface area (Å²) < 4.78 is 0.768. The normalized spacial score (nSPS) is 10.2. The molecule has 2 aromatic rings. The van der Waals surface area contributed by atoms with Crippen LogP contribution in [0.4, 0.5) is 0 Å². The quantitative estimate of drug-likeness (QED) is 0.915. The molecule has 1 heterocycles. The minimum Gasteiger partial charge on any atom is -0.346 e. The van der Waals surface area contributed by atoms with Crippen molar-refractivity contribution in [3.63, 3.8) is 0 Å². The zero-order chi connectivity index (χ0) is 12.3. The summed E-state index contributed by atoms with van der Waals surface area (Å²) in [5.74, 6) is -0.172. The topological polar surface area (TPSA) is 57.8 Å². The molecule has 0 atom stereocenters. The second-order valence-electron chi connectivity index (χ2n) is 3.39. The molecule has 0 spiro atoms. The summed E-state index contributed by atoms with van der Waals surface area (Å²) in [4.78, 5) is 11.8. The van der Waals surface area contributed by atoms with E-state index in [-0.39, 0.29) is 5.91 Å². The van der Waals surface area contributed by atoms with Gasteiger partial charge in [0.05, 0.1) is 17.3 Å². The van der Waals surface area contributed by atoms with E-state index in [1.54, 1.807) is 30.5 Å². The first-order valence-electron chi connectivity index (χ1n) is 4.88. The maximum atomic E-state index is 11.8. The van der Waals surface area contributed by atoms with Crippen LogP contribution in [0.5, 0.6) is 0 Å². The number of halogens is 2. The number of carbonyl (C=O) groups excluding carboxylic acids is 1. The number of amides is 1. The number of aromatic amines is 1. The van der Waals surface area contributed by atoms with Gasteiger partial charge in [-0.25, -0.2) is 0 Å². The van der Waals surface area contributed by atoms with E-state index in [1.165, 1.54) is 0 Å². The van der Waals surface area contributed by atoms with Gasteiger partial charge in [0.2, 0.25) is 0 Å². The zero-order valence-corrected chi connectivity index (χ0v) is 11.0. The van der Waals surface area contributed by atoms with Crippen LogP contribution in [0, 0.1) is 0 Å². The Balaban J connectivity index is 2.02. The maximum Gasteiger partial charge on any atom is 0.251 e. The second-order valence-corrected chi connectivity index (χ2v) is 4.65. The van der Waals surface area contributed by atoms with E-state index in [4.69, 9.17) is 11.6 Å². The number of nitrogens with one attached hydrogen (secondary N) is 2. The van der Waals surface area contributed by atoms with Crippen molar-refractivity contribution in [3.05, 3.63) is 51.2 Å². The Labute approximate surface area is 111 Å². The fraction of sp³-hybridized carbons (Fsp3) is 0.0909. The standard InChI is InChI=1S/C11H9BrClN3O/c12-9-2-1-7(5-10(9)13)11(17)14-6-8-3-4-15-16-8/h1-5H,6H2,(H,14,17)(H,15,16). The molecule has 17 heavy (non-hydrogen) atoms. The van der Waals surface area contributed by atoms with Crippen molar-refractivity contribution in [1.82, 2.24) is 15.5 Å². The molecule has 0 saturated carbocycles. The van der Waals surface area contributed by atoms with Crippen molar-refractivity contribution in [2.24, 2.45) is 0 Å². The lowest BCUT2D eigenvalue weighted by atomic mass is 10.2. The van der Waals surface area contributed by atoms with E-state index < -0.39 is 0 Å². The first kappa shape index (κ1) is 12.1. The van der Waals surface area contributed by atoms with E-state index in [1.807, 2.05) is 0 Å². The third-order valence-electron chi connectivity index (χ3n) is 2.18. The lowest BCUT2D eigenvalue weighted by Gasteiger charge is -2.04. The molecule has 88 valence electrons.